The molecule has 1 heterocycles. The van der Waals surface area contributed by atoms with Gasteiger partial charge < -0.3 is 10.0 Å². The number of halogens is 2. The van der Waals surface area contributed by atoms with Crippen molar-refractivity contribution in [1.82, 2.24) is 4.90 Å². The maximum absolute atomic E-state index is 13.5. The first kappa shape index (κ1) is 15.2. The van der Waals surface area contributed by atoms with Crippen LogP contribution in [0.2, 0.25) is 0 Å². The summed E-state index contributed by atoms with van der Waals surface area (Å²) in [5.41, 5.74) is 0.360. The highest BCUT2D eigenvalue weighted by Crippen LogP contribution is 2.19. The quantitative estimate of drug-likeness (QED) is 0.840. The molecule has 2 unspecified atom stereocenters. The summed E-state index contributed by atoms with van der Waals surface area (Å²) in [7, 11) is 0. The van der Waals surface area contributed by atoms with Crippen LogP contribution in [0.5, 0.6) is 0 Å². The van der Waals surface area contributed by atoms with E-state index in [2.05, 4.69) is 15.9 Å². The highest BCUT2D eigenvalue weighted by molar-refractivity contribution is 9.10. The number of rotatable bonds is 2. The van der Waals surface area contributed by atoms with E-state index in [4.69, 9.17) is 0 Å². The van der Waals surface area contributed by atoms with Gasteiger partial charge in [0.1, 0.15) is 5.82 Å². The van der Waals surface area contributed by atoms with Crippen LogP contribution >= 0.6 is 15.9 Å². The van der Waals surface area contributed by atoms with E-state index in [1.54, 1.807) is 17.0 Å². The van der Waals surface area contributed by atoms with Gasteiger partial charge in [0.2, 0.25) is 5.91 Å². The summed E-state index contributed by atoms with van der Waals surface area (Å²) in [6.45, 7) is 2.94. The number of carbonyl (C=O) groups is 1. The number of β-amino-alcohol motifs (C(OH)–C–C–N with tert-alkyl or cyclic N) is 1. The predicted octanol–water partition coefficient (Wildman–Crippen LogP) is 2.83. The molecular formula is C15H17BrFNO2. The average molecular weight is 342 g/mol. The van der Waals surface area contributed by atoms with Gasteiger partial charge in [0, 0.05) is 29.2 Å². The number of benzene rings is 1. The van der Waals surface area contributed by atoms with Gasteiger partial charge >= 0.3 is 0 Å². The molecule has 3 nitrogen and oxygen atoms in total. The molecule has 1 aromatic rings. The minimum Gasteiger partial charge on any atom is -0.391 e. The number of aliphatic hydroxyl groups is 1. The third kappa shape index (κ3) is 3.67. The molecule has 0 spiro atoms. The third-order valence-corrected chi connectivity index (χ3v) is 4.09. The van der Waals surface area contributed by atoms with E-state index >= 15 is 0 Å². The Labute approximate surface area is 126 Å². The maximum Gasteiger partial charge on any atom is 0.246 e. The molecule has 1 N–H and O–H groups in total. The van der Waals surface area contributed by atoms with Crippen LogP contribution in [0.25, 0.3) is 6.08 Å². The molecule has 20 heavy (non-hydrogen) atoms. The summed E-state index contributed by atoms with van der Waals surface area (Å²) < 4.78 is 14.3. The number of piperidine rings is 1. The Balaban J connectivity index is 2.04. The van der Waals surface area contributed by atoms with Gasteiger partial charge in [0.25, 0.3) is 0 Å². The topological polar surface area (TPSA) is 40.5 Å². The fourth-order valence-electron chi connectivity index (χ4n) is 2.16. The fraction of sp³-hybridized carbons (Fsp3) is 0.400. The Morgan fingerprint density at radius 1 is 1.55 bits per heavy atom. The van der Waals surface area contributed by atoms with Gasteiger partial charge in [-0.3, -0.25) is 4.79 Å². The average Bonchev–Trinajstić information content (AvgIpc) is 2.42. The van der Waals surface area contributed by atoms with Crippen molar-refractivity contribution in [1.29, 1.82) is 0 Å². The lowest BCUT2D eigenvalue weighted by molar-refractivity contribution is -0.130. The van der Waals surface area contributed by atoms with Crippen LogP contribution in [0.4, 0.5) is 4.39 Å². The third-order valence-electron chi connectivity index (χ3n) is 3.59. The summed E-state index contributed by atoms with van der Waals surface area (Å²) in [5.74, 6) is -0.356. The summed E-state index contributed by atoms with van der Waals surface area (Å²) in [6, 6.07) is 4.57. The molecular weight excluding hydrogens is 325 g/mol. The van der Waals surface area contributed by atoms with E-state index in [9.17, 15) is 14.3 Å². The van der Waals surface area contributed by atoms with Crippen molar-refractivity contribution < 1.29 is 14.3 Å². The zero-order valence-electron chi connectivity index (χ0n) is 11.2. The number of hydrogen-bond acceptors (Lipinski definition) is 2. The summed E-state index contributed by atoms with van der Waals surface area (Å²) in [5, 5.41) is 9.78. The second-order valence-corrected chi connectivity index (χ2v) is 6.03. The zero-order chi connectivity index (χ0) is 14.7. The predicted molar refractivity (Wildman–Crippen MR) is 79.5 cm³/mol. The van der Waals surface area contributed by atoms with Gasteiger partial charge in [-0.2, -0.15) is 0 Å². The SMILES string of the molecule is CC1CCN(C(=O)/C=C/c2cc(Br)ccc2F)CC1O. The van der Waals surface area contributed by atoms with Gasteiger partial charge in [0.15, 0.2) is 0 Å². The van der Waals surface area contributed by atoms with E-state index < -0.39 is 6.10 Å². The monoisotopic (exact) mass is 341 g/mol. The summed E-state index contributed by atoms with van der Waals surface area (Å²) in [4.78, 5) is 13.6. The van der Waals surface area contributed by atoms with Crippen molar-refractivity contribution in [3.63, 3.8) is 0 Å². The molecule has 0 saturated carbocycles. The molecule has 0 aromatic heterocycles. The maximum atomic E-state index is 13.5. The van der Waals surface area contributed by atoms with Gasteiger partial charge in [-0.15, -0.1) is 0 Å². The normalized spacial score (nSPS) is 23.3. The Hall–Kier alpha value is -1.20. The highest BCUT2D eigenvalue weighted by atomic mass is 79.9. The van der Waals surface area contributed by atoms with Crippen LogP contribution in [-0.2, 0) is 4.79 Å². The summed E-state index contributed by atoms with van der Waals surface area (Å²) in [6.07, 6.45) is 3.12. The number of hydrogen-bond donors (Lipinski definition) is 1. The molecule has 108 valence electrons. The zero-order valence-corrected chi connectivity index (χ0v) is 12.8. The van der Waals surface area contributed by atoms with Crippen molar-refractivity contribution in [2.45, 2.75) is 19.4 Å². The number of likely N-dealkylation sites (tertiary alicyclic amines) is 1. The van der Waals surface area contributed by atoms with E-state index in [1.165, 1.54) is 18.2 Å². The molecule has 1 fully saturated rings. The molecule has 5 heteroatoms. The van der Waals surface area contributed by atoms with Crippen LogP contribution in [0, 0.1) is 11.7 Å². The molecule has 0 aliphatic carbocycles. The Morgan fingerprint density at radius 3 is 3.00 bits per heavy atom. The Bertz CT molecular complexity index is 533. The molecule has 2 atom stereocenters. The first-order valence-electron chi connectivity index (χ1n) is 6.57. The standard InChI is InChI=1S/C15H17BrFNO2/c1-10-6-7-18(9-14(10)19)15(20)5-2-11-8-12(16)3-4-13(11)17/h2-5,8,10,14,19H,6-7,9H2,1H3/b5-2+. The van der Waals surface area contributed by atoms with Gasteiger partial charge in [-0.1, -0.05) is 22.9 Å². The van der Waals surface area contributed by atoms with E-state index in [-0.39, 0.29) is 17.6 Å². The molecule has 1 aliphatic heterocycles. The van der Waals surface area contributed by atoms with E-state index in [1.807, 2.05) is 6.92 Å². The largest absolute Gasteiger partial charge is 0.391 e. The van der Waals surface area contributed by atoms with Crippen molar-refractivity contribution in [3.05, 3.63) is 40.1 Å². The highest BCUT2D eigenvalue weighted by Gasteiger charge is 2.26. The van der Waals surface area contributed by atoms with Crippen molar-refractivity contribution in [3.8, 4) is 0 Å². The number of nitrogens with zero attached hydrogens (tertiary/aromatic N) is 1. The number of amides is 1. The van der Waals surface area contributed by atoms with E-state index in [0.29, 0.717) is 18.7 Å². The first-order chi connectivity index (χ1) is 9.47. The lowest BCUT2D eigenvalue weighted by atomic mass is 9.96. The smallest absolute Gasteiger partial charge is 0.246 e. The lowest BCUT2D eigenvalue weighted by Gasteiger charge is -2.33. The molecule has 2 rings (SSSR count). The fourth-order valence-corrected chi connectivity index (χ4v) is 2.54. The van der Waals surface area contributed by atoms with Crippen LogP contribution in [0.15, 0.2) is 28.7 Å². The van der Waals surface area contributed by atoms with Gasteiger partial charge in [-0.25, -0.2) is 4.39 Å². The Kier molecular flexibility index (Phi) is 4.94. The van der Waals surface area contributed by atoms with E-state index in [0.717, 1.165) is 10.9 Å². The first-order valence-corrected chi connectivity index (χ1v) is 7.37. The second kappa shape index (κ2) is 6.50. The van der Waals surface area contributed by atoms with Gasteiger partial charge in [0.05, 0.1) is 6.10 Å². The minimum absolute atomic E-state index is 0.199. The lowest BCUT2D eigenvalue weighted by Crippen LogP contribution is -2.45. The van der Waals surface area contributed by atoms with Crippen molar-refractivity contribution in [2.75, 3.05) is 13.1 Å². The minimum atomic E-state index is -0.483. The summed E-state index contributed by atoms with van der Waals surface area (Å²) >= 11 is 3.27. The van der Waals surface area contributed by atoms with Crippen LogP contribution in [0.1, 0.15) is 18.9 Å². The molecule has 0 radical (unpaired) electrons. The molecule has 1 saturated heterocycles. The molecule has 1 aliphatic rings. The number of aliphatic hydroxyl groups excluding tert-OH is 1. The molecule has 0 bridgehead atoms. The Morgan fingerprint density at radius 2 is 2.30 bits per heavy atom. The van der Waals surface area contributed by atoms with Crippen LogP contribution < -0.4 is 0 Å². The van der Waals surface area contributed by atoms with Crippen LogP contribution in [-0.4, -0.2) is 35.1 Å². The van der Waals surface area contributed by atoms with Crippen molar-refractivity contribution in [2.24, 2.45) is 5.92 Å². The second-order valence-electron chi connectivity index (χ2n) is 5.12. The van der Waals surface area contributed by atoms with Crippen molar-refractivity contribution >= 4 is 27.9 Å². The number of carbonyl (C=O) groups excluding carboxylic acids is 1. The van der Waals surface area contributed by atoms with Gasteiger partial charge in [-0.05, 0) is 36.6 Å². The van der Waals surface area contributed by atoms with Crippen LogP contribution in [0.3, 0.4) is 0 Å². The molecule has 1 aromatic carbocycles. The molecule has 1 amide bonds.